The minimum Gasteiger partial charge on any atom is -0.507 e. The van der Waals surface area contributed by atoms with Crippen molar-refractivity contribution in [3.05, 3.63) is 87.0 Å². The first-order valence-electron chi connectivity index (χ1n) is 21.9. The number of carbonyl (C=O) groups is 4. The van der Waals surface area contributed by atoms with Crippen LogP contribution in [0, 0.1) is 0 Å². The number of hydrogen-bond acceptors (Lipinski definition) is 27. The number of esters is 4. The molecule has 4 aliphatic heterocycles. The Morgan fingerprint density at radius 1 is 0.382 bits per heavy atom. The van der Waals surface area contributed by atoms with Crippen LogP contribution in [0.25, 0.3) is 22.3 Å². The second-order valence-electron chi connectivity index (χ2n) is 17.7. The van der Waals surface area contributed by atoms with Gasteiger partial charge in [-0.3, -0.25) is 0 Å². The van der Waals surface area contributed by atoms with Gasteiger partial charge in [0, 0.05) is 51.4 Å². The van der Waals surface area contributed by atoms with Crippen molar-refractivity contribution < 1.29 is 135 Å². The van der Waals surface area contributed by atoms with E-state index < -0.39 is 233 Å². The lowest BCUT2D eigenvalue weighted by Gasteiger charge is -2.43. The van der Waals surface area contributed by atoms with Gasteiger partial charge in [-0.15, -0.1) is 0 Å². The molecule has 7 atom stereocenters. The van der Waals surface area contributed by atoms with Gasteiger partial charge in [0.1, 0.15) is 36.1 Å². The first-order valence-corrected chi connectivity index (χ1v) is 21.9. The Balaban J connectivity index is 1.28. The molecule has 394 valence electrons. The highest BCUT2D eigenvalue weighted by molar-refractivity contribution is 6.11. The predicted octanol–water partition coefficient (Wildman–Crippen LogP) is 2.31. The topological polar surface area (TPSA) is 479 Å². The summed E-state index contributed by atoms with van der Waals surface area (Å²) in [5.41, 5.74) is -11.2. The van der Waals surface area contributed by atoms with E-state index in [-0.39, 0.29) is 11.1 Å². The van der Waals surface area contributed by atoms with Gasteiger partial charge in [0.2, 0.25) is 23.0 Å². The zero-order chi connectivity index (χ0) is 55.0. The highest BCUT2D eigenvalue weighted by Crippen LogP contribution is 2.62. The number of hydrogen-bond donors (Lipinski definition) is 18. The van der Waals surface area contributed by atoms with Crippen molar-refractivity contribution in [2.24, 2.45) is 0 Å². The maximum Gasteiger partial charge on any atom is 0.339 e. The zero-order valence-electron chi connectivity index (χ0n) is 37.7. The molecule has 0 aliphatic carbocycles. The summed E-state index contributed by atoms with van der Waals surface area (Å²) in [5, 5.41) is 200. The Morgan fingerprint density at radius 3 is 1.43 bits per heavy atom. The number of aliphatic hydroxyl groups excluding tert-OH is 2. The van der Waals surface area contributed by atoms with Crippen LogP contribution in [-0.4, -0.2) is 153 Å². The summed E-state index contributed by atoms with van der Waals surface area (Å²) < 4.78 is 29.1. The van der Waals surface area contributed by atoms with Crippen molar-refractivity contribution in [3.8, 4) is 120 Å². The molecule has 0 spiro atoms. The maximum atomic E-state index is 14.8. The van der Waals surface area contributed by atoms with Crippen molar-refractivity contribution in [3.63, 3.8) is 0 Å². The molecule has 27 heteroatoms. The number of phenolic OH excluding ortho intramolecular Hbond substituents is 16. The van der Waals surface area contributed by atoms with E-state index >= 15 is 0 Å². The lowest BCUT2D eigenvalue weighted by Crippen LogP contribution is -2.55. The van der Waals surface area contributed by atoms with Gasteiger partial charge in [0.25, 0.3) is 0 Å². The van der Waals surface area contributed by atoms with E-state index in [4.69, 9.17) is 23.7 Å². The van der Waals surface area contributed by atoms with E-state index in [1.54, 1.807) is 0 Å². The number of rotatable bonds is 3. The zero-order valence-corrected chi connectivity index (χ0v) is 37.7. The molecule has 0 saturated carbocycles. The van der Waals surface area contributed by atoms with Crippen molar-refractivity contribution >= 4 is 23.9 Å². The van der Waals surface area contributed by atoms with Crippen LogP contribution in [0.3, 0.4) is 0 Å². The van der Waals surface area contributed by atoms with Gasteiger partial charge in [0.05, 0.1) is 34.3 Å². The Kier molecular flexibility index (Phi) is 11.1. The van der Waals surface area contributed by atoms with Crippen LogP contribution in [0.15, 0.2) is 42.5 Å². The Hall–Kier alpha value is -10.3. The Morgan fingerprint density at radius 2 is 0.882 bits per heavy atom. The highest BCUT2D eigenvalue weighted by Gasteiger charge is 2.56. The maximum absolute atomic E-state index is 14.8. The lowest BCUT2D eigenvalue weighted by molar-refractivity contribution is -0.133. The van der Waals surface area contributed by atoms with Gasteiger partial charge >= 0.3 is 23.9 Å². The summed E-state index contributed by atoms with van der Waals surface area (Å²) in [7, 11) is 0. The summed E-state index contributed by atoms with van der Waals surface area (Å²) in [6.45, 7) is -1.44. The largest absolute Gasteiger partial charge is 0.507 e. The monoisotopic (exact) mass is 1060 g/mol. The second kappa shape index (κ2) is 17.2. The summed E-state index contributed by atoms with van der Waals surface area (Å²) in [5.74, 6) is -30.6. The fourth-order valence-electron chi connectivity index (χ4n) is 9.89. The third-order valence-electron chi connectivity index (χ3n) is 13.4. The quantitative estimate of drug-likeness (QED) is 0.0687. The van der Waals surface area contributed by atoms with Gasteiger partial charge in [0.15, 0.2) is 75.8 Å². The molecule has 4 heterocycles. The second-order valence-corrected chi connectivity index (χ2v) is 17.7. The van der Waals surface area contributed by atoms with Crippen LogP contribution < -0.4 is 4.74 Å². The van der Waals surface area contributed by atoms with Gasteiger partial charge < -0.3 is 116 Å². The lowest BCUT2D eigenvalue weighted by atomic mass is 9.73. The Bertz CT molecular complexity index is 3600. The fourth-order valence-corrected chi connectivity index (χ4v) is 9.89. The molecule has 6 aromatic rings. The average molecular weight is 1060 g/mol. The molecule has 0 aromatic heterocycles. The SMILES string of the molecule is O=C1OC[C@@H](O)[C@H](C2OC(=O)c3cc(O)c(O)c(O)c3-c3c(O)c(O)c(O)c4c3C(=O)O[C@H]2[C@H]4c2c(O)cc(O)c3c2O[C@H](c2ccc(O)c(O)c2)[C@@H](O)C3)OC(=O)c2cc(O)c(O)c(O)c2-c2c1cc(O)c(O)c2O. The molecule has 1 unspecified atom stereocenters. The highest BCUT2D eigenvalue weighted by atomic mass is 16.6. The summed E-state index contributed by atoms with van der Waals surface area (Å²) >= 11 is 0. The molecule has 0 radical (unpaired) electrons. The number of benzene rings is 6. The number of cyclic esters (lactones) is 3. The molecular formula is C49H36O27. The molecule has 6 aromatic carbocycles. The van der Waals surface area contributed by atoms with Crippen molar-refractivity contribution in [2.45, 2.75) is 49.0 Å². The first-order chi connectivity index (χ1) is 35.8. The van der Waals surface area contributed by atoms with Crippen molar-refractivity contribution in [2.75, 3.05) is 6.61 Å². The molecule has 2 bridgehead atoms. The third-order valence-corrected chi connectivity index (χ3v) is 13.4. The summed E-state index contributed by atoms with van der Waals surface area (Å²) in [6, 6.07) is 5.02. The van der Waals surface area contributed by atoms with Gasteiger partial charge in [-0.2, -0.15) is 0 Å². The van der Waals surface area contributed by atoms with E-state index in [9.17, 15) is 111 Å². The summed E-state index contributed by atoms with van der Waals surface area (Å²) in [6.07, 6.45) is -14.6. The van der Waals surface area contributed by atoms with E-state index in [0.29, 0.717) is 24.3 Å². The van der Waals surface area contributed by atoms with Crippen LogP contribution in [0.5, 0.6) is 97.7 Å². The molecule has 0 amide bonds. The molecule has 0 saturated heterocycles. The first kappa shape index (κ1) is 49.3. The number of aromatic hydroxyl groups is 16. The van der Waals surface area contributed by atoms with Crippen LogP contribution in [-0.2, 0) is 25.4 Å². The molecule has 0 fully saturated rings. The van der Waals surface area contributed by atoms with E-state index in [1.165, 1.54) is 6.07 Å². The molecule has 76 heavy (non-hydrogen) atoms. The summed E-state index contributed by atoms with van der Waals surface area (Å²) in [4.78, 5) is 58.3. The molecule has 4 aliphatic rings. The van der Waals surface area contributed by atoms with E-state index in [2.05, 4.69) is 0 Å². The fraction of sp³-hybridized carbons (Fsp3) is 0.184. The van der Waals surface area contributed by atoms with E-state index in [1.807, 2.05) is 0 Å². The Labute approximate surface area is 420 Å². The molecule has 18 N–H and O–H groups in total. The van der Waals surface area contributed by atoms with Gasteiger partial charge in [-0.1, -0.05) is 6.07 Å². The van der Waals surface area contributed by atoms with Gasteiger partial charge in [-0.25, -0.2) is 19.2 Å². The number of aliphatic hydroxyl groups is 2. The van der Waals surface area contributed by atoms with Crippen LogP contribution in [0.4, 0.5) is 0 Å². The van der Waals surface area contributed by atoms with Crippen LogP contribution in [0.1, 0.15) is 75.7 Å². The van der Waals surface area contributed by atoms with Crippen molar-refractivity contribution in [1.29, 1.82) is 0 Å². The predicted molar refractivity (Wildman–Crippen MR) is 242 cm³/mol. The number of fused-ring (bicyclic) bond motifs is 8. The number of carbonyl (C=O) groups excluding carboxylic acids is 4. The van der Waals surface area contributed by atoms with Crippen molar-refractivity contribution in [1.82, 2.24) is 0 Å². The van der Waals surface area contributed by atoms with Gasteiger partial charge in [-0.05, 0) is 35.9 Å². The standard InChI is InChI=1S/C49H36O27/c50-15-2-1-10(3-17(15)52)41-22(57)4-11-16(51)8-18(53)27(42(11)73-41)30-29-31-28(38(65)40(67)39(29)66)26-14(7-21(56)34(61)37(26)64)48(70)76-45(44(30)75-49(31)71)43-23(58)9-72-46(68)12-5-19(54)32(59)35(62)24(12)25-13(47(69)74-43)6-20(55)33(60)36(25)63/h1-3,5-8,22-23,30,41,43-45,50-67H,4,9H2/t22-,23+,30-,41+,43+,44-,45?/m0/s1. The minimum atomic E-state index is -2.77. The molecule has 10 rings (SSSR count). The number of phenols is 16. The minimum absolute atomic E-state index is 0.0770. The van der Waals surface area contributed by atoms with Crippen LogP contribution >= 0.6 is 0 Å². The number of ether oxygens (including phenoxy) is 5. The third kappa shape index (κ3) is 7.11. The normalized spacial score (nSPS) is 21.7. The van der Waals surface area contributed by atoms with Crippen LogP contribution in [0.2, 0.25) is 0 Å². The molecular weight excluding hydrogens is 1020 g/mol. The smallest absolute Gasteiger partial charge is 0.339 e. The van der Waals surface area contributed by atoms with E-state index in [0.717, 1.165) is 12.1 Å². The molecule has 27 nitrogen and oxygen atoms in total. The average Bonchev–Trinajstić information content (AvgIpc) is 3.46.